The van der Waals surface area contributed by atoms with Gasteiger partial charge in [0.25, 0.3) is 11.7 Å². The van der Waals surface area contributed by atoms with Crippen LogP contribution in [-0.2, 0) is 9.59 Å². The SMILES string of the molecule is Cc1ccc(/C(O)=C2/C(=O)C(=O)N(c3cccc(C)c3)C2c2cccs2)cc1. The highest BCUT2D eigenvalue weighted by Crippen LogP contribution is 2.43. The third-order valence-corrected chi connectivity index (χ3v) is 5.79. The van der Waals surface area contributed by atoms with Crippen molar-refractivity contribution in [3.05, 3.63) is 93.2 Å². The topological polar surface area (TPSA) is 57.6 Å². The molecule has 1 fully saturated rings. The number of aliphatic hydroxyl groups is 1. The molecule has 4 rings (SSSR count). The summed E-state index contributed by atoms with van der Waals surface area (Å²) < 4.78 is 0. The second-order valence-corrected chi connectivity index (χ2v) is 7.87. The summed E-state index contributed by atoms with van der Waals surface area (Å²) >= 11 is 1.45. The van der Waals surface area contributed by atoms with Crippen molar-refractivity contribution in [2.24, 2.45) is 0 Å². The quantitative estimate of drug-likeness (QED) is 0.390. The smallest absolute Gasteiger partial charge is 0.300 e. The Morgan fingerprint density at radius 1 is 0.964 bits per heavy atom. The molecule has 140 valence electrons. The van der Waals surface area contributed by atoms with Crippen LogP contribution < -0.4 is 4.90 Å². The van der Waals surface area contributed by atoms with Crippen LogP contribution in [-0.4, -0.2) is 16.8 Å². The summed E-state index contributed by atoms with van der Waals surface area (Å²) in [4.78, 5) is 28.2. The van der Waals surface area contributed by atoms with Crippen molar-refractivity contribution in [2.75, 3.05) is 4.90 Å². The van der Waals surface area contributed by atoms with E-state index >= 15 is 0 Å². The highest BCUT2D eigenvalue weighted by Gasteiger charge is 2.47. The highest BCUT2D eigenvalue weighted by molar-refractivity contribution is 7.10. The van der Waals surface area contributed by atoms with Crippen molar-refractivity contribution < 1.29 is 14.7 Å². The number of Topliss-reactive ketones (excluding diaryl/α,β-unsaturated/α-hetero) is 1. The average molecular weight is 389 g/mol. The summed E-state index contributed by atoms with van der Waals surface area (Å²) in [7, 11) is 0. The zero-order valence-electron chi connectivity index (χ0n) is 15.5. The predicted molar refractivity (Wildman–Crippen MR) is 111 cm³/mol. The number of anilines is 1. The number of benzene rings is 2. The van der Waals surface area contributed by atoms with Crippen LogP contribution in [0.2, 0.25) is 0 Å². The van der Waals surface area contributed by atoms with Crippen LogP contribution in [0.5, 0.6) is 0 Å². The van der Waals surface area contributed by atoms with Gasteiger partial charge in [0.1, 0.15) is 11.8 Å². The number of hydrogen-bond acceptors (Lipinski definition) is 4. The van der Waals surface area contributed by atoms with E-state index in [4.69, 9.17) is 0 Å². The van der Waals surface area contributed by atoms with Gasteiger partial charge in [0, 0.05) is 16.1 Å². The Labute approximate surface area is 167 Å². The maximum absolute atomic E-state index is 13.0. The van der Waals surface area contributed by atoms with E-state index < -0.39 is 17.7 Å². The molecule has 2 heterocycles. The standard InChI is InChI=1S/C23H19NO3S/c1-14-8-10-16(11-9-14)21(25)19-20(18-7-4-12-28-18)24(23(27)22(19)26)17-6-3-5-15(2)13-17/h3-13,20,25H,1-2H3/b21-19-. The zero-order chi connectivity index (χ0) is 19.8. The van der Waals surface area contributed by atoms with E-state index in [1.165, 1.54) is 16.2 Å². The molecular formula is C23H19NO3S. The lowest BCUT2D eigenvalue weighted by atomic mass is 9.99. The number of hydrogen-bond donors (Lipinski definition) is 1. The summed E-state index contributed by atoms with van der Waals surface area (Å²) in [5, 5.41) is 12.9. The van der Waals surface area contributed by atoms with E-state index in [2.05, 4.69) is 0 Å². The van der Waals surface area contributed by atoms with Crippen LogP contribution in [0.15, 0.2) is 71.6 Å². The van der Waals surface area contributed by atoms with Gasteiger partial charge >= 0.3 is 0 Å². The molecule has 1 N–H and O–H groups in total. The van der Waals surface area contributed by atoms with Crippen molar-refractivity contribution in [1.82, 2.24) is 0 Å². The van der Waals surface area contributed by atoms with Crippen LogP contribution in [0, 0.1) is 13.8 Å². The number of rotatable bonds is 3. The molecule has 1 saturated heterocycles. The minimum absolute atomic E-state index is 0.123. The number of carbonyl (C=O) groups excluding carboxylic acids is 2. The number of ketones is 1. The fourth-order valence-electron chi connectivity index (χ4n) is 3.46. The molecule has 1 aliphatic rings. The molecule has 0 bridgehead atoms. The van der Waals surface area contributed by atoms with Gasteiger partial charge in [0.2, 0.25) is 0 Å². The molecule has 2 aromatic carbocycles. The largest absolute Gasteiger partial charge is 0.507 e. The third-order valence-electron chi connectivity index (χ3n) is 4.86. The summed E-state index contributed by atoms with van der Waals surface area (Å²) in [5.41, 5.74) is 3.32. The van der Waals surface area contributed by atoms with E-state index in [1.54, 1.807) is 12.1 Å². The van der Waals surface area contributed by atoms with Gasteiger partial charge < -0.3 is 5.11 Å². The van der Waals surface area contributed by atoms with E-state index in [1.807, 2.05) is 67.8 Å². The van der Waals surface area contributed by atoms with Gasteiger partial charge in [0.05, 0.1) is 5.57 Å². The molecule has 0 saturated carbocycles. The number of amides is 1. The average Bonchev–Trinajstić information content (AvgIpc) is 3.29. The Morgan fingerprint density at radius 3 is 2.36 bits per heavy atom. The molecule has 28 heavy (non-hydrogen) atoms. The van der Waals surface area contributed by atoms with Crippen LogP contribution in [0.4, 0.5) is 5.69 Å². The number of aryl methyl sites for hydroxylation is 2. The van der Waals surface area contributed by atoms with Gasteiger partial charge in [0.15, 0.2) is 0 Å². The van der Waals surface area contributed by atoms with E-state index in [0.29, 0.717) is 11.3 Å². The van der Waals surface area contributed by atoms with Crippen LogP contribution in [0.1, 0.15) is 27.6 Å². The van der Waals surface area contributed by atoms with Gasteiger partial charge in [-0.3, -0.25) is 14.5 Å². The monoisotopic (exact) mass is 389 g/mol. The first-order valence-electron chi connectivity index (χ1n) is 8.95. The lowest BCUT2D eigenvalue weighted by Gasteiger charge is -2.24. The lowest BCUT2D eigenvalue weighted by molar-refractivity contribution is -0.132. The van der Waals surface area contributed by atoms with Crippen molar-refractivity contribution in [2.45, 2.75) is 19.9 Å². The fraction of sp³-hybridized carbons (Fsp3) is 0.130. The van der Waals surface area contributed by atoms with Crippen LogP contribution in [0.3, 0.4) is 0 Å². The molecule has 1 unspecified atom stereocenters. The normalized spacial score (nSPS) is 18.6. The fourth-order valence-corrected chi connectivity index (χ4v) is 4.28. The Morgan fingerprint density at radius 2 is 1.71 bits per heavy atom. The summed E-state index contributed by atoms with van der Waals surface area (Å²) in [6.45, 7) is 3.89. The molecule has 4 nitrogen and oxygen atoms in total. The molecule has 1 amide bonds. The minimum atomic E-state index is -0.669. The number of aliphatic hydroxyl groups excluding tert-OH is 1. The first-order valence-corrected chi connectivity index (χ1v) is 9.83. The predicted octanol–water partition coefficient (Wildman–Crippen LogP) is 4.99. The Bertz CT molecular complexity index is 1080. The molecule has 0 radical (unpaired) electrons. The van der Waals surface area contributed by atoms with Gasteiger partial charge in [-0.25, -0.2) is 0 Å². The maximum atomic E-state index is 13.0. The molecular weight excluding hydrogens is 370 g/mol. The van der Waals surface area contributed by atoms with Crippen molar-refractivity contribution >= 4 is 34.5 Å². The van der Waals surface area contributed by atoms with E-state index in [9.17, 15) is 14.7 Å². The summed E-state index contributed by atoms with van der Waals surface area (Å²) in [5.74, 6) is -1.44. The molecule has 1 aromatic heterocycles. The van der Waals surface area contributed by atoms with Crippen molar-refractivity contribution in [3.63, 3.8) is 0 Å². The summed E-state index contributed by atoms with van der Waals surface area (Å²) in [6.07, 6.45) is 0. The van der Waals surface area contributed by atoms with Crippen molar-refractivity contribution in [1.29, 1.82) is 0 Å². The highest BCUT2D eigenvalue weighted by atomic mass is 32.1. The molecule has 3 aromatic rings. The second kappa shape index (κ2) is 7.09. The third kappa shape index (κ3) is 3.04. The number of nitrogens with zero attached hydrogens (tertiary/aromatic N) is 1. The van der Waals surface area contributed by atoms with E-state index in [0.717, 1.165) is 16.0 Å². The molecule has 0 spiro atoms. The Hall–Kier alpha value is -3.18. The van der Waals surface area contributed by atoms with Gasteiger partial charge in [-0.05, 0) is 43.0 Å². The maximum Gasteiger partial charge on any atom is 0.300 e. The number of carbonyl (C=O) groups is 2. The summed E-state index contributed by atoms with van der Waals surface area (Å²) in [6, 6.07) is 17.8. The molecule has 1 aliphatic heterocycles. The first-order chi connectivity index (χ1) is 13.5. The molecule has 5 heteroatoms. The van der Waals surface area contributed by atoms with Gasteiger partial charge in [-0.15, -0.1) is 11.3 Å². The number of thiophene rings is 1. The van der Waals surface area contributed by atoms with Crippen LogP contribution in [0.25, 0.3) is 5.76 Å². The zero-order valence-corrected chi connectivity index (χ0v) is 16.4. The second-order valence-electron chi connectivity index (χ2n) is 6.89. The van der Waals surface area contributed by atoms with E-state index in [-0.39, 0.29) is 11.3 Å². The molecule has 0 aliphatic carbocycles. The van der Waals surface area contributed by atoms with Gasteiger partial charge in [-0.2, -0.15) is 0 Å². The molecule has 1 atom stereocenters. The minimum Gasteiger partial charge on any atom is -0.507 e. The lowest BCUT2D eigenvalue weighted by Crippen LogP contribution is -2.29. The first kappa shape index (κ1) is 18.2. The Kier molecular flexibility index (Phi) is 4.61. The van der Waals surface area contributed by atoms with Crippen molar-refractivity contribution in [3.8, 4) is 0 Å². The Balaban J connectivity index is 1.93. The van der Waals surface area contributed by atoms with Crippen LogP contribution >= 0.6 is 11.3 Å². The van der Waals surface area contributed by atoms with Gasteiger partial charge in [-0.1, -0.05) is 48.0 Å².